The van der Waals surface area contributed by atoms with Crippen molar-refractivity contribution in [1.82, 2.24) is 9.88 Å². The summed E-state index contributed by atoms with van der Waals surface area (Å²) in [5, 5.41) is 1.30. The molecule has 3 aromatic rings. The molecule has 1 N–H and O–H groups in total. The van der Waals surface area contributed by atoms with Gasteiger partial charge in [0.25, 0.3) is 0 Å². The lowest BCUT2D eigenvalue weighted by atomic mass is 9.85. The molecule has 0 amide bonds. The van der Waals surface area contributed by atoms with Crippen LogP contribution in [0.3, 0.4) is 0 Å². The average molecular weight is 334 g/mol. The Labute approximate surface area is 147 Å². The van der Waals surface area contributed by atoms with E-state index in [0.717, 1.165) is 37.4 Å². The summed E-state index contributed by atoms with van der Waals surface area (Å²) >= 11 is 0. The average Bonchev–Trinajstić information content (AvgIpc) is 3.02. The summed E-state index contributed by atoms with van der Waals surface area (Å²) in [6.07, 6.45) is 2.14. The molecule has 3 heterocycles. The van der Waals surface area contributed by atoms with Gasteiger partial charge in [-0.1, -0.05) is 6.07 Å². The van der Waals surface area contributed by atoms with Gasteiger partial charge in [0.05, 0.1) is 14.2 Å². The largest absolute Gasteiger partial charge is 0.497 e. The maximum absolute atomic E-state index is 5.47. The standard InChI is InChI=1S/C21H22N2O2/c1-24-14-4-3-13-7-8-23-12-20-18(11-21(23)16(13)9-14)17-10-15(25-2)5-6-19(17)22-20/h3-6,9-10,21-22H,7-8,11-12H2,1-2H3. The molecule has 2 aromatic carbocycles. The van der Waals surface area contributed by atoms with Crippen LogP contribution in [0.25, 0.3) is 10.9 Å². The fraction of sp³-hybridized carbons (Fsp3) is 0.333. The first-order valence-corrected chi connectivity index (χ1v) is 8.85. The molecule has 0 bridgehead atoms. The lowest BCUT2D eigenvalue weighted by Crippen LogP contribution is -2.39. The summed E-state index contributed by atoms with van der Waals surface area (Å²) in [6.45, 7) is 2.09. The van der Waals surface area contributed by atoms with Gasteiger partial charge in [-0.25, -0.2) is 0 Å². The predicted molar refractivity (Wildman–Crippen MR) is 98.4 cm³/mol. The summed E-state index contributed by atoms with van der Waals surface area (Å²) < 4.78 is 10.9. The van der Waals surface area contributed by atoms with Gasteiger partial charge in [0.15, 0.2) is 0 Å². The highest BCUT2D eigenvalue weighted by molar-refractivity contribution is 5.86. The molecular weight excluding hydrogens is 312 g/mol. The van der Waals surface area contributed by atoms with Crippen LogP contribution in [0, 0.1) is 0 Å². The van der Waals surface area contributed by atoms with E-state index in [-0.39, 0.29) is 0 Å². The van der Waals surface area contributed by atoms with Crippen LogP contribution in [0.4, 0.5) is 0 Å². The lowest BCUT2D eigenvalue weighted by Gasteiger charge is -2.40. The number of hydrogen-bond donors (Lipinski definition) is 1. The summed E-state index contributed by atoms with van der Waals surface area (Å²) in [5.41, 5.74) is 6.88. The molecular formula is C21H22N2O2. The Balaban J connectivity index is 1.62. The molecule has 25 heavy (non-hydrogen) atoms. The molecule has 0 saturated heterocycles. The molecule has 2 aliphatic rings. The fourth-order valence-electron chi connectivity index (χ4n) is 4.46. The Morgan fingerprint density at radius 3 is 2.68 bits per heavy atom. The molecule has 4 heteroatoms. The van der Waals surface area contributed by atoms with Crippen LogP contribution in [0.2, 0.25) is 0 Å². The van der Waals surface area contributed by atoms with Gasteiger partial charge < -0.3 is 14.5 Å². The summed E-state index contributed by atoms with van der Waals surface area (Å²) in [4.78, 5) is 6.22. The van der Waals surface area contributed by atoms with Gasteiger partial charge in [-0.15, -0.1) is 0 Å². The first kappa shape index (κ1) is 14.8. The van der Waals surface area contributed by atoms with Crippen LogP contribution in [-0.4, -0.2) is 30.6 Å². The molecule has 1 atom stereocenters. The molecule has 0 saturated carbocycles. The Bertz CT molecular complexity index is 960. The topological polar surface area (TPSA) is 37.5 Å². The molecule has 1 unspecified atom stereocenters. The van der Waals surface area contributed by atoms with Crippen LogP contribution < -0.4 is 9.47 Å². The number of methoxy groups -OCH3 is 2. The van der Waals surface area contributed by atoms with E-state index in [4.69, 9.17) is 9.47 Å². The van der Waals surface area contributed by atoms with Gasteiger partial charge in [-0.05, 0) is 59.9 Å². The highest BCUT2D eigenvalue weighted by Crippen LogP contribution is 2.41. The van der Waals surface area contributed by atoms with Gasteiger partial charge in [0.2, 0.25) is 0 Å². The van der Waals surface area contributed by atoms with Crippen molar-refractivity contribution < 1.29 is 9.47 Å². The van der Waals surface area contributed by atoms with Crippen molar-refractivity contribution in [1.29, 1.82) is 0 Å². The number of aromatic amines is 1. The number of aromatic nitrogens is 1. The molecule has 0 fully saturated rings. The Morgan fingerprint density at radius 1 is 1.04 bits per heavy atom. The number of rotatable bonds is 2. The van der Waals surface area contributed by atoms with Crippen molar-refractivity contribution in [3.63, 3.8) is 0 Å². The van der Waals surface area contributed by atoms with E-state index < -0.39 is 0 Å². The van der Waals surface area contributed by atoms with Gasteiger partial charge in [-0.2, -0.15) is 0 Å². The van der Waals surface area contributed by atoms with Crippen molar-refractivity contribution >= 4 is 10.9 Å². The summed E-state index contributed by atoms with van der Waals surface area (Å²) in [5.74, 6) is 1.87. The van der Waals surface area contributed by atoms with E-state index in [1.165, 1.54) is 33.3 Å². The van der Waals surface area contributed by atoms with E-state index in [9.17, 15) is 0 Å². The second-order valence-corrected chi connectivity index (χ2v) is 7.00. The van der Waals surface area contributed by atoms with Crippen molar-refractivity contribution in [3.8, 4) is 11.5 Å². The van der Waals surface area contributed by atoms with Crippen LogP contribution in [0.15, 0.2) is 36.4 Å². The van der Waals surface area contributed by atoms with Gasteiger partial charge in [-0.3, -0.25) is 4.90 Å². The third-order valence-corrected chi connectivity index (χ3v) is 5.78. The zero-order valence-electron chi connectivity index (χ0n) is 14.6. The first-order chi connectivity index (χ1) is 12.3. The molecule has 5 rings (SSSR count). The third-order valence-electron chi connectivity index (χ3n) is 5.78. The molecule has 1 aromatic heterocycles. The highest BCUT2D eigenvalue weighted by atomic mass is 16.5. The molecule has 4 nitrogen and oxygen atoms in total. The van der Waals surface area contributed by atoms with E-state index in [1.54, 1.807) is 14.2 Å². The molecule has 0 aliphatic carbocycles. The minimum atomic E-state index is 0.427. The van der Waals surface area contributed by atoms with Crippen LogP contribution >= 0.6 is 0 Å². The van der Waals surface area contributed by atoms with Crippen molar-refractivity contribution in [2.45, 2.75) is 25.4 Å². The number of H-pyrrole nitrogens is 1. The third kappa shape index (κ3) is 2.24. The van der Waals surface area contributed by atoms with Crippen LogP contribution in [0.5, 0.6) is 11.5 Å². The van der Waals surface area contributed by atoms with Crippen LogP contribution in [-0.2, 0) is 19.4 Å². The van der Waals surface area contributed by atoms with E-state index in [0.29, 0.717) is 6.04 Å². The zero-order chi connectivity index (χ0) is 17.0. The van der Waals surface area contributed by atoms with Crippen molar-refractivity contribution in [2.75, 3.05) is 20.8 Å². The van der Waals surface area contributed by atoms with E-state index >= 15 is 0 Å². The SMILES string of the molecule is COc1ccc2c(c1)C1Cc3c([nH]c4ccc(OC)cc34)CN1CC2. The van der Waals surface area contributed by atoms with Crippen LogP contribution in [0.1, 0.15) is 28.4 Å². The van der Waals surface area contributed by atoms with Gasteiger partial charge in [0, 0.05) is 35.7 Å². The van der Waals surface area contributed by atoms with Crippen molar-refractivity contribution in [2.24, 2.45) is 0 Å². The minimum absolute atomic E-state index is 0.427. The van der Waals surface area contributed by atoms with Gasteiger partial charge >= 0.3 is 0 Å². The maximum atomic E-state index is 5.47. The minimum Gasteiger partial charge on any atom is -0.497 e. The Kier molecular flexibility index (Phi) is 3.28. The smallest absolute Gasteiger partial charge is 0.119 e. The lowest BCUT2D eigenvalue weighted by molar-refractivity contribution is 0.159. The monoisotopic (exact) mass is 334 g/mol. The molecule has 128 valence electrons. The van der Waals surface area contributed by atoms with E-state index in [1.807, 2.05) is 6.07 Å². The maximum Gasteiger partial charge on any atom is 0.119 e. The highest BCUT2D eigenvalue weighted by Gasteiger charge is 2.34. The quantitative estimate of drug-likeness (QED) is 0.774. The predicted octanol–water partition coefficient (Wildman–Crippen LogP) is 3.84. The summed E-state index contributed by atoms with van der Waals surface area (Å²) in [7, 11) is 3.47. The first-order valence-electron chi connectivity index (χ1n) is 8.85. The number of ether oxygens (including phenoxy) is 2. The summed E-state index contributed by atoms with van der Waals surface area (Å²) in [6, 6.07) is 13.3. The zero-order valence-corrected chi connectivity index (χ0v) is 14.6. The fourth-order valence-corrected chi connectivity index (χ4v) is 4.46. The Morgan fingerprint density at radius 2 is 1.84 bits per heavy atom. The van der Waals surface area contributed by atoms with E-state index in [2.05, 4.69) is 40.2 Å². The molecule has 0 radical (unpaired) electrons. The molecule has 0 spiro atoms. The Hall–Kier alpha value is -2.46. The number of hydrogen-bond acceptors (Lipinski definition) is 3. The number of nitrogens with zero attached hydrogens (tertiary/aromatic N) is 1. The second kappa shape index (κ2) is 5.53. The second-order valence-electron chi connectivity index (χ2n) is 7.00. The molecule has 2 aliphatic heterocycles. The number of nitrogens with one attached hydrogen (secondary N) is 1. The van der Waals surface area contributed by atoms with Crippen molar-refractivity contribution in [3.05, 3.63) is 58.8 Å². The number of fused-ring (bicyclic) bond motifs is 6. The number of benzene rings is 2. The normalized spacial score (nSPS) is 19.2. The van der Waals surface area contributed by atoms with Gasteiger partial charge in [0.1, 0.15) is 11.5 Å².